The maximum Gasteiger partial charge on any atom is 0.257 e. The Labute approximate surface area is 224 Å². The lowest BCUT2D eigenvalue weighted by molar-refractivity contribution is -0.118. The van der Waals surface area contributed by atoms with Crippen molar-refractivity contribution in [3.8, 4) is 11.5 Å². The molecule has 0 radical (unpaired) electrons. The minimum absolute atomic E-state index is 0.0138. The quantitative estimate of drug-likeness (QED) is 0.297. The van der Waals surface area contributed by atoms with Crippen molar-refractivity contribution in [1.29, 1.82) is 0 Å². The van der Waals surface area contributed by atoms with Crippen LogP contribution < -0.4 is 20.3 Å². The number of carbonyl (C=O) groups is 1. The lowest BCUT2D eigenvalue weighted by Gasteiger charge is -2.38. The van der Waals surface area contributed by atoms with Gasteiger partial charge < -0.3 is 19.8 Å². The summed E-state index contributed by atoms with van der Waals surface area (Å²) in [5.41, 5.74) is 3.04. The van der Waals surface area contributed by atoms with Crippen LogP contribution in [0.3, 0.4) is 0 Å². The zero-order chi connectivity index (χ0) is 26.3. The van der Waals surface area contributed by atoms with E-state index >= 15 is 0 Å². The minimum atomic E-state index is -0.633. The number of anilines is 1. The molecule has 0 saturated heterocycles. The molecule has 1 aromatic heterocycles. The van der Waals surface area contributed by atoms with Crippen molar-refractivity contribution in [2.75, 3.05) is 19.5 Å². The Kier molecular flexibility index (Phi) is 6.81. The number of nitrogens with zero attached hydrogens (tertiary/aromatic N) is 1. The molecule has 0 amide bonds. The number of Topliss-reactive ketones (excluding diaryl/α,β-unsaturated/α-hetero) is 1. The number of allylic oxidation sites excluding steroid dienone is 2. The van der Waals surface area contributed by atoms with Gasteiger partial charge in [0.25, 0.3) is 5.56 Å². The van der Waals surface area contributed by atoms with Crippen LogP contribution in [0.2, 0.25) is 5.02 Å². The number of hydrogen-bond donors (Lipinski definition) is 2. The third-order valence-electron chi connectivity index (χ3n) is 6.73. The van der Waals surface area contributed by atoms with E-state index in [1.165, 1.54) is 11.8 Å². The number of aromatic nitrogens is 2. The molecular formula is C28H28ClN3O4S. The summed E-state index contributed by atoms with van der Waals surface area (Å²) >= 11 is 7.43. The van der Waals surface area contributed by atoms with Crippen LogP contribution in [-0.4, -0.2) is 30.0 Å². The first-order valence-electron chi connectivity index (χ1n) is 12.0. The second kappa shape index (κ2) is 9.91. The molecule has 1 aliphatic heterocycles. The molecule has 37 heavy (non-hydrogen) atoms. The zero-order valence-electron chi connectivity index (χ0n) is 21.1. The third-order valence-corrected chi connectivity index (χ3v) is 7.93. The fourth-order valence-electron chi connectivity index (χ4n) is 5.14. The van der Waals surface area contributed by atoms with Crippen LogP contribution in [0, 0.1) is 5.41 Å². The van der Waals surface area contributed by atoms with Gasteiger partial charge in [0, 0.05) is 34.0 Å². The van der Waals surface area contributed by atoms with E-state index in [-0.39, 0.29) is 16.8 Å². The summed E-state index contributed by atoms with van der Waals surface area (Å²) in [6.07, 6.45) is 1.06. The van der Waals surface area contributed by atoms with E-state index in [4.69, 9.17) is 26.1 Å². The van der Waals surface area contributed by atoms with E-state index in [1.807, 2.05) is 36.4 Å². The predicted octanol–water partition coefficient (Wildman–Crippen LogP) is 5.93. The lowest BCUT2D eigenvalue weighted by Crippen LogP contribution is -2.37. The second-order valence-electron chi connectivity index (χ2n) is 10.0. The van der Waals surface area contributed by atoms with Crippen molar-refractivity contribution in [2.45, 2.75) is 43.5 Å². The smallest absolute Gasteiger partial charge is 0.257 e. The van der Waals surface area contributed by atoms with Crippen LogP contribution in [0.5, 0.6) is 11.5 Å². The van der Waals surface area contributed by atoms with Gasteiger partial charge in [0.2, 0.25) is 0 Å². The summed E-state index contributed by atoms with van der Waals surface area (Å²) in [5, 5.41) is 4.53. The number of carbonyl (C=O) groups excluding carboxylic acids is 1. The molecular weight excluding hydrogens is 510 g/mol. The Morgan fingerprint density at radius 2 is 1.84 bits per heavy atom. The molecule has 0 saturated carbocycles. The molecule has 0 spiro atoms. The van der Waals surface area contributed by atoms with Gasteiger partial charge in [-0.1, -0.05) is 61.5 Å². The van der Waals surface area contributed by atoms with Crippen LogP contribution >= 0.6 is 23.4 Å². The standard InChI is InChI=1S/C28H28ClN3O4S/c1-28(2)12-18-22(19(33)13-28)21(17-6-5-7-20(35-3)24(17)36-4)23-25(30-18)31-27(32-26(23)34)37-14-15-8-10-16(29)11-9-15/h5-11,21H,12-14H2,1-4H3,(H2,30,31,32,34). The largest absolute Gasteiger partial charge is 0.493 e. The van der Waals surface area contributed by atoms with Crippen LogP contribution in [0.4, 0.5) is 5.82 Å². The first-order valence-corrected chi connectivity index (χ1v) is 13.3. The summed E-state index contributed by atoms with van der Waals surface area (Å²) in [7, 11) is 3.12. The summed E-state index contributed by atoms with van der Waals surface area (Å²) in [6.45, 7) is 4.15. The first kappa shape index (κ1) is 25.4. The highest BCUT2D eigenvalue weighted by atomic mass is 35.5. The molecule has 1 aliphatic carbocycles. The molecule has 2 heterocycles. The van der Waals surface area contributed by atoms with Crippen LogP contribution in [-0.2, 0) is 10.5 Å². The maximum atomic E-state index is 13.6. The van der Waals surface area contributed by atoms with Crippen LogP contribution in [0.15, 0.2) is 63.7 Å². The van der Waals surface area contributed by atoms with E-state index in [1.54, 1.807) is 20.3 Å². The molecule has 1 unspecified atom stereocenters. The number of ether oxygens (including phenoxy) is 2. The van der Waals surface area contributed by atoms with E-state index in [9.17, 15) is 9.59 Å². The monoisotopic (exact) mass is 537 g/mol. The normalized spacial score (nSPS) is 18.1. The number of hydrogen-bond acceptors (Lipinski definition) is 7. The minimum Gasteiger partial charge on any atom is -0.493 e. The van der Waals surface area contributed by atoms with Gasteiger partial charge >= 0.3 is 0 Å². The number of para-hydroxylation sites is 1. The van der Waals surface area contributed by atoms with Crippen molar-refractivity contribution in [3.05, 3.63) is 85.8 Å². The molecule has 3 aromatic rings. The third kappa shape index (κ3) is 4.88. The fraction of sp³-hybridized carbons (Fsp3) is 0.321. The van der Waals surface area contributed by atoms with Gasteiger partial charge in [0.05, 0.1) is 25.7 Å². The van der Waals surface area contributed by atoms with Gasteiger partial charge in [0.15, 0.2) is 22.4 Å². The number of methoxy groups -OCH3 is 2. The zero-order valence-corrected chi connectivity index (χ0v) is 22.7. The number of fused-ring (bicyclic) bond motifs is 1. The van der Waals surface area contributed by atoms with Gasteiger partial charge in [-0.2, -0.15) is 0 Å². The van der Waals surface area contributed by atoms with Gasteiger partial charge in [0.1, 0.15) is 5.82 Å². The number of nitrogens with one attached hydrogen (secondary N) is 2. The maximum absolute atomic E-state index is 13.6. The predicted molar refractivity (Wildman–Crippen MR) is 146 cm³/mol. The fourth-order valence-corrected chi connectivity index (χ4v) is 6.09. The number of H-pyrrole nitrogens is 1. The Morgan fingerprint density at radius 3 is 2.54 bits per heavy atom. The Morgan fingerprint density at radius 1 is 1.08 bits per heavy atom. The number of thioether (sulfide) groups is 1. The van der Waals surface area contributed by atoms with Gasteiger partial charge in [-0.05, 0) is 35.6 Å². The average molecular weight is 538 g/mol. The van der Waals surface area contributed by atoms with Gasteiger partial charge in [-0.3, -0.25) is 9.59 Å². The molecule has 1 atom stereocenters. The van der Waals surface area contributed by atoms with Gasteiger partial charge in [-0.15, -0.1) is 0 Å². The second-order valence-corrected chi connectivity index (χ2v) is 11.4. The van der Waals surface area contributed by atoms with E-state index in [0.717, 1.165) is 11.3 Å². The molecule has 9 heteroatoms. The Balaban J connectivity index is 1.63. The number of rotatable bonds is 6. The molecule has 0 fully saturated rings. The number of halogens is 1. The Bertz CT molecular complexity index is 1460. The molecule has 0 bridgehead atoms. The summed E-state index contributed by atoms with van der Waals surface area (Å²) in [5.74, 6) is 1.48. The summed E-state index contributed by atoms with van der Waals surface area (Å²) < 4.78 is 11.3. The number of ketones is 1. The highest BCUT2D eigenvalue weighted by Crippen LogP contribution is 2.50. The molecule has 192 valence electrons. The SMILES string of the molecule is COc1cccc(C2C3=C(CC(C)(C)CC3=O)Nc3nc(SCc4ccc(Cl)cc4)[nH]c(=O)c32)c1OC. The summed E-state index contributed by atoms with van der Waals surface area (Å²) in [4.78, 5) is 34.9. The highest BCUT2D eigenvalue weighted by Gasteiger charge is 2.43. The molecule has 2 N–H and O–H groups in total. The summed E-state index contributed by atoms with van der Waals surface area (Å²) in [6, 6.07) is 13.1. The molecule has 7 nitrogen and oxygen atoms in total. The van der Waals surface area contributed by atoms with Crippen molar-refractivity contribution in [1.82, 2.24) is 9.97 Å². The van der Waals surface area contributed by atoms with Crippen LogP contribution in [0.1, 0.15) is 49.3 Å². The van der Waals surface area contributed by atoms with E-state index < -0.39 is 5.92 Å². The highest BCUT2D eigenvalue weighted by molar-refractivity contribution is 7.98. The molecule has 2 aliphatic rings. The average Bonchev–Trinajstić information content (AvgIpc) is 2.85. The van der Waals surface area contributed by atoms with Crippen molar-refractivity contribution >= 4 is 35.0 Å². The van der Waals surface area contributed by atoms with Gasteiger partial charge in [-0.25, -0.2) is 4.98 Å². The Hall–Kier alpha value is -3.23. The lowest BCUT2D eigenvalue weighted by atomic mass is 9.69. The first-order chi connectivity index (χ1) is 17.7. The van der Waals surface area contributed by atoms with Crippen LogP contribution in [0.25, 0.3) is 0 Å². The topological polar surface area (TPSA) is 93.3 Å². The van der Waals surface area contributed by atoms with Crippen molar-refractivity contribution in [3.63, 3.8) is 0 Å². The van der Waals surface area contributed by atoms with Crippen molar-refractivity contribution < 1.29 is 14.3 Å². The number of aromatic amines is 1. The molecule has 5 rings (SSSR count). The number of benzene rings is 2. The van der Waals surface area contributed by atoms with E-state index in [0.29, 0.717) is 62.8 Å². The van der Waals surface area contributed by atoms with E-state index in [2.05, 4.69) is 24.1 Å². The molecule has 2 aromatic carbocycles. The van der Waals surface area contributed by atoms with Crippen molar-refractivity contribution in [2.24, 2.45) is 5.41 Å².